The first-order valence-electron chi connectivity index (χ1n) is 10.7. The molecule has 8 heteroatoms. The maximum Gasteiger partial charge on any atom is 0.272 e. The van der Waals surface area contributed by atoms with Crippen LogP contribution in [0, 0.1) is 17.1 Å². The Morgan fingerprint density at radius 3 is 2.81 bits per heavy atom. The van der Waals surface area contributed by atoms with Crippen LogP contribution in [-0.4, -0.2) is 54.3 Å². The normalized spacial score (nSPS) is 16.2. The third-order valence-corrected chi connectivity index (χ3v) is 5.78. The highest BCUT2D eigenvalue weighted by atomic mass is 35.5. The Bertz CT molecular complexity index is 932. The average molecular weight is 451 g/mol. The van der Waals surface area contributed by atoms with Gasteiger partial charge in [-0.1, -0.05) is 12.1 Å². The molecule has 6 nitrogen and oxygen atoms in total. The summed E-state index contributed by atoms with van der Waals surface area (Å²) < 4.78 is 21.7. The number of amides is 1. The average Bonchev–Trinajstić information content (AvgIpc) is 3.06. The molecule has 0 radical (unpaired) electrons. The number of ether oxygens (including phenoxy) is 1. The second kappa shape index (κ2) is 11.5. The van der Waals surface area contributed by atoms with E-state index in [9.17, 15) is 14.4 Å². The minimum absolute atomic E-state index is 0. The quantitative estimate of drug-likeness (QED) is 0.614. The van der Waals surface area contributed by atoms with Crippen molar-refractivity contribution in [2.45, 2.75) is 58.2 Å². The molecule has 1 aromatic carbocycles. The highest BCUT2D eigenvalue weighted by Gasteiger charge is 2.33. The molecule has 0 aliphatic carbocycles. The number of para-hydroxylation sites is 1. The van der Waals surface area contributed by atoms with Crippen LogP contribution in [0.4, 0.5) is 4.39 Å². The molecule has 1 N–H and O–H groups in total. The summed E-state index contributed by atoms with van der Waals surface area (Å²) in [5.41, 5.74) is 0.894. The molecule has 170 valence electrons. The third kappa shape index (κ3) is 5.20. The van der Waals surface area contributed by atoms with Crippen molar-refractivity contribution in [1.29, 1.82) is 5.26 Å². The van der Waals surface area contributed by atoms with Gasteiger partial charge in [-0.2, -0.15) is 5.26 Å². The topological polar surface area (TPSA) is 70.3 Å². The molecule has 1 aromatic heterocycles. The van der Waals surface area contributed by atoms with Gasteiger partial charge < -0.3 is 19.5 Å². The number of piperidine rings is 1. The number of hydrogen-bond donors (Lipinski definition) is 1. The number of halogens is 2. The molecular formula is C23H32ClFN4O2. The van der Waals surface area contributed by atoms with Gasteiger partial charge >= 0.3 is 0 Å². The van der Waals surface area contributed by atoms with Crippen LogP contribution in [0.2, 0.25) is 0 Å². The molecule has 1 fully saturated rings. The van der Waals surface area contributed by atoms with Gasteiger partial charge in [0.1, 0.15) is 17.6 Å². The lowest BCUT2D eigenvalue weighted by molar-refractivity contribution is 0.0562. The minimum Gasteiger partial charge on any atom is -0.385 e. The SMILES string of the molecule is COCCCCn1c(C(=O)N(C(C)C)[C@@H]2CCCNC2)c(C#N)c2cccc(F)c21.Cl. The van der Waals surface area contributed by atoms with Crippen molar-refractivity contribution in [2.75, 3.05) is 26.8 Å². The van der Waals surface area contributed by atoms with Gasteiger partial charge in [0, 0.05) is 44.3 Å². The summed E-state index contributed by atoms with van der Waals surface area (Å²) in [6.07, 6.45) is 3.44. The van der Waals surface area contributed by atoms with Crippen LogP contribution < -0.4 is 5.32 Å². The standard InChI is InChI=1S/C23H31FN4O2.ClH/c1-16(2)28(17-8-7-11-26-15-17)23(29)22-19(14-25)18-9-6-10-20(24)21(18)27(22)12-4-5-13-30-3;/h6,9-10,16-17,26H,4-5,7-8,11-13,15H2,1-3H3;1H/t17-;/m1./s1. The molecule has 0 spiro atoms. The van der Waals surface area contributed by atoms with Crippen molar-refractivity contribution in [3.8, 4) is 6.07 Å². The molecule has 2 heterocycles. The van der Waals surface area contributed by atoms with Crippen LogP contribution in [0.1, 0.15) is 55.6 Å². The molecule has 0 bridgehead atoms. The Hall–Kier alpha value is -2.14. The van der Waals surface area contributed by atoms with Crippen LogP contribution in [0.3, 0.4) is 0 Å². The number of nitrogens with one attached hydrogen (secondary N) is 1. The lowest BCUT2D eigenvalue weighted by Crippen LogP contribution is -2.52. The Morgan fingerprint density at radius 2 is 2.19 bits per heavy atom. The number of aromatic nitrogens is 1. The van der Waals surface area contributed by atoms with Gasteiger partial charge in [-0.3, -0.25) is 4.79 Å². The summed E-state index contributed by atoms with van der Waals surface area (Å²) in [6, 6.07) is 6.92. The van der Waals surface area contributed by atoms with E-state index in [2.05, 4.69) is 11.4 Å². The Balaban J connectivity index is 0.00000341. The number of hydrogen-bond acceptors (Lipinski definition) is 4. The van der Waals surface area contributed by atoms with Gasteiger partial charge in [0.05, 0.1) is 11.1 Å². The van der Waals surface area contributed by atoms with Crippen LogP contribution in [-0.2, 0) is 11.3 Å². The largest absolute Gasteiger partial charge is 0.385 e. The third-order valence-electron chi connectivity index (χ3n) is 5.78. The number of fused-ring (bicyclic) bond motifs is 1. The highest BCUT2D eigenvalue weighted by Crippen LogP contribution is 2.31. The molecule has 1 aliphatic rings. The summed E-state index contributed by atoms with van der Waals surface area (Å²) in [4.78, 5) is 15.7. The molecule has 1 aliphatic heterocycles. The van der Waals surface area contributed by atoms with Crippen LogP contribution in [0.15, 0.2) is 18.2 Å². The van der Waals surface area contributed by atoms with Crippen molar-refractivity contribution in [3.63, 3.8) is 0 Å². The van der Waals surface area contributed by atoms with Gasteiger partial charge in [0.2, 0.25) is 0 Å². The molecule has 0 saturated carbocycles. The van der Waals surface area contributed by atoms with E-state index in [1.807, 2.05) is 18.7 Å². The Kier molecular flexibility index (Phi) is 9.30. The predicted octanol–water partition coefficient (Wildman–Crippen LogP) is 4.10. The fraction of sp³-hybridized carbons (Fsp3) is 0.565. The number of benzene rings is 1. The van der Waals surface area contributed by atoms with Crippen LogP contribution in [0.5, 0.6) is 0 Å². The van der Waals surface area contributed by atoms with Gasteiger partial charge in [0.15, 0.2) is 0 Å². The number of carbonyl (C=O) groups is 1. The first-order chi connectivity index (χ1) is 14.5. The maximum atomic E-state index is 14.8. The van der Waals surface area contributed by atoms with Crippen molar-refractivity contribution in [2.24, 2.45) is 0 Å². The summed E-state index contributed by atoms with van der Waals surface area (Å²) in [5.74, 6) is -0.609. The van der Waals surface area contributed by atoms with Crippen LogP contribution in [0.25, 0.3) is 10.9 Å². The van der Waals surface area contributed by atoms with E-state index in [1.165, 1.54) is 6.07 Å². The van der Waals surface area contributed by atoms with E-state index in [4.69, 9.17) is 4.74 Å². The zero-order valence-corrected chi connectivity index (χ0v) is 19.3. The maximum absolute atomic E-state index is 14.8. The fourth-order valence-corrected chi connectivity index (χ4v) is 4.46. The van der Waals surface area contributed by atoms with E-state index in [1.54, 1.807) is 23.8 Å². The van der Waals surface area contributed by atoms with E-state index >= 15 is 0 Å². The van der Waals surface area contributed by atoms with E-state index in [-0.39, 0.29) is 36.0 Å². The zero-order chi connectivity index (χ0) is 21.7. The monoisotopic (exact) mass is 450 g/mol. The number of rotatable bonds is 8. The summed E-state index contributed by atoms with van der Waals surface area (Å²) >= 11 is 0. The number of methoxy groups -OCH3 is 1. The van der Waals surface area contributed by atoms with Gasteiger partial charge in [-0.25, -0.2) is 4.39 Å². The predicted molar refractivity (Wildman–Crippen MR) is 122 cm³/mol. The minimum atomic E-state index is -0.412. The van der Waals surface area contributed by atoms with Gasteiger partial charge in [-0.05, 0) is 52.1 Å². The number of nitriles is 1. The first kappa shape index (κ1) is 25.1. The molecule has 1 atom stereocenters. The molecular weight excluding hydrogens is 419 g/mol. The fourth-order valence-electron chi connectivity index (χ4n) is 4.46. The van der Waals surface area contributed by atoms with Gasteiger partial charge in [0.25, 0.3) is 5.91 Å². The number of nitrogens with zero attached hydrogens (tertiary/aromatic N) is 3. The number of aryl methyl sites for hydroxylation is 1. The highest BCUT2D eigenvalue weighted by molar-refractivity contribution is 6.03. The smallest absolute Gasteiger partial charge is 0.272 e. The number of carbonyl (C=O) groups excluding carboxylic acids is 1. The van der Waals surface area contributed by atoms with Crippen LogP contribution >= 0.6 is 12.4 Å². The first-order valence-corrected chi connectivity index (χ1v) is 10.7. The molecule has 1 saturated heterocycles. The van der Waals surface area contributed by atoms with Crippen molar-refractivity contribution < 1.29 is 13.9 Å². The summed E-state index contributed by atoms with van der Waals surface area (Å²) in [6.45, 7) is 6.72. The molecule has 1 amide bonds. The van der Waals surface area contributed by atoms with E-state index in [0.29, 0.717) is 29.7 Å². The second-order valence-corrected chi connectivity index (χ2v) is 8.13. The Labute approximate surface area is 189 Å². The van der Waals surface area contributed by atoms with Crippen molar-refractivity contribution in [3.05, 3.63) is 35.3 Å². The lowest BCUT2D eigenvalue weighted by atomic mass is 10.0. The Morgan fingerprint density at radius 1 is 1.42 bits per heavy atom. The summed E-state index contributed by atoms with van der Waals surface area (Å²) in [7, 11) is 1.65. The van der Waals surface area contributed by atoms with Gasteiger partial charge in [-0.15, -0.1) is 12.4 Å². The molecule has 0 unspecified atom stereocenters. The zero-order valence-electron chi connectivity index (χ0n) is 18.5. The lowest BCUT2D eigenvalue weighted by Gasteiger charge is -2.37. The molecule has 31 heavy (non-hydrogen) atoms. The van der Waals surface area contributed by atoms with E-state index < -0.39 is 5.82 Å². The number of unbranched alkanes of at least 4 members (excludes halogenated alkanes) is 1. The van der Waals surface area contributed by atoms with E-state index in [0.717, 1.165) is 38.8 Å². The van der Waals surface area contributed by atoms with Crippen molar-refractivity contribution in [1.82, 2.24) is 14.8 Å². The molecule has 3 rings (SSSR count). The summed E-state index contributed by atoms with van der Waals surface area (Å²) in [5, 5.41) is 13.8. The van der Waals surface area contributed by atoms with Crippen molar-refractivity contribution >= 4 is 29.2 Å². The second-order valence-electron chi connectivity index (χ2n) is 8.13. The molecule has 2 aromatic rings.